The molecule has 1 unspecified atom stereocenters. The summed E-state index contributed by atoms with van der Waals surface area (Å²) in [7, 11) is 3.52. The molecule has 1 N–H and O–H groups in total. The summed E-state index contributed by atoms with van der Waals surface area (Å²) >= 11 is 3.27. The molecule has 0 fully saturated rings. The van der Waals surface area contributed by atoms with Gasteiger partial charge in [-0.25, -0.2) is 4.39 Å². The molecule has 0 spiro atoms. The summed E-state index contributed by atoms with van der Waals surface area (Å²) < 4.78 is 19.8. The van der Waals surface area contributed by atoms with Crippen molar-refractivity contribution in [3.05, 3.63) is 63.9 Å². The Morgan fingerprint density at radius 1 is 1.20 bits per heavy atom. The number of hydrogen-bond acceptors (Lipinski definition) is 2. The average Bonchev–Trinajstić information content (AvgIpc) is 2.47. The molecule has 0 saturated heterocycles. The summed E-state index contributed by atoms with van der Waals surface area (Å²) in [5.74, 6) is 0.631. The fourth-order valence-electron chi connectivity index (χ4n) is 2.13. The van der Waals surface area contributed by atoms with E-state index in [-0.39, 0.29) is 11.9 Å². The molecular formula is C16H17BrFNO. The number of rotatable bonds is 5. The summed E-state index contributed by atoms with van der Waals surface area (Å²) in [4.78, 5) is 0. The van der Waals surface area contributed by atoms with Gasteiger partial charge < -0.3 is 10.1 Å². The van der Waals surface area contributed by atoms with Crippen molar-refractivity contribution in [2.24, 2.45) is 0 Å². The van der Waals surface area contributed by atoms with Crippen LogP contribution in [0, 0.1) is 5.82 Å². The van der Waals surface area contributed by atoms with Gasteiger partial charge in [0.2, 0.25) is 0 Å². The summed E-state index contributed by atoms with van der Waals surface area (Å²) in [5, 5.41) is 3.23. The number of nitrogens with one attached hydrogen (secondary N) is 1. The Labute approximate surface area is 127 Å². The first-order valence-electron chi connectivity index (χ1n) is 6.39. The van der Waals surface area contributed by atoms with E-state index in [0.717, 1.165) is 15.8 Å². The van der Waals surface area contributed by atoms with Crippen molar-refractivity contribution in [2.45, 2.75) is 12.5 Å². The normalized spacial score (nSPS) is 12.2. The molecule has 0 aliphatic carbocycles. The average molecular weight is 338 g/mol. The number of methoxy groups -OCH3 is 1. The molecule has 4 heteroatoms. The minimum Gasteiger partial charge on any atom is -0.497 e. The molecule has 0 saturated carbocycles. The lowest BCUT2D eigenvalue weighted by Crippen LogP contribution is -2.19. The van der Waals surface area contributed by atoms with Crippen molar-refractivity contribution in [2.75, 3.05) is 14.2 Å². The van der Waals surface area contributed by atoms with Gasteiger partial charge in [0.1, 0.15) is 11.6 Å². The first-order chi connectivity index (χ1) is 9.63. The van der Waals surface area contributed by atoms with Crippen LogP contribution in [0.2, 0.25) is 0 Å². The maximum atomic E-state index is 13.9. The molecule has 0 heterocycles. The third-order valence-electron chi connectivity index (χ3n) is 3.31. The predicted molar refractivity (Wildman–Crippen MR) is 82.6 cm³/mol. The molecule has 2 aromatic carbocycles. The fourth-order valence-corrected chi connectivity index (χ4v) is 2.46. The van der Waals surface area contributed by atoms with Crippen LogP contribution in [0.15, 0.2) is 46.9 Å². The number of likely N-dealkylation sites (N-methyl/N-ethyl adjacent to an activating group) is 1. The molecule has 20 heavy (non-hydrogen) atoms. The zero-order chi connectivity index (χ0) is 14.5. The van der Waals surface area contributed by atoms with Crippen LogP contribution in [0.4, 0.5) is 4.39 Å². The number of hydrogen-bond donors (Lipinski definition) is 1. The Balaban J connectivity index is 2.19. The van der Waals surface area contributed by atoms with E-state index in [1.807, 2.05) is 43.4 Å². The lowest BCUT2D eigenvalue weighted by molar-refractivity contribution is 0.414. The first-order valence-corrected chi connectivity index (χ1v) is 7.18. The van der Waals surface area contributed by atoms with Crippen molar-refractivity contribution in [3.63, 3.8) is 0 Å². The zero-order valence-electron chi connectivity index (χ0n) is 11.5. The van der Waals surface area contributed by atoms with Crippen LogP contribution < -0.4 is 10.1 Å². The van der Waals surface area contributed by atoms with Gasteiger partial charge in [-0.2, -0.15) is 0 Å². The SMILES string of the molecule is CNC(Cc1ccc(Br)cc1F)c1ccc(OC)cc1. The molecule has 0 bridgehead atoms. The third kappa shape index (κ3) is 3.58. The molecule has 106 valence electrons. The molecule has 2 rings (SSSR count). The van der Waals surface area contributed by atoms with Crippen molar-refractivity contribution in [3.8, 4) is 5.75 Å². The highest BCUT2D eigenvalue weighted by Crippen LogP contribution is 2.23. The minimum absolute atomic E-state index is 0.0663. The topological polar surface area (TPSA) is 21.3 Å². The van der Waals surface area contributed by atoms with Gasteiger partial charge in [0.25, 0.3) is 0 Å². The lowest BCUT2D eigenvalue weighted by Gasteiger charge is -2.17. The second kappa shape index (κ2) is 6.86. The highest BCUT2D eigenvalue weighted by atomic mass is 79.9. The van der Waals surface area contributed by atoms with E-state index in [1.165, 1.54) is 6.07 Å². The number of benzene rings is 2. The largest absolute Gasteiger partial charge is 0.497 e. The van der Waals surface area contributed by atoms with Gasteiger partial charge in [-0.15, -0.1) is 0 Å². The van der Waals surface area contributed by atoms with E-state index >= 15 is 0 Å². The molecule has 0 aliphatic heterocycles. The van der Waals surface area contributed by atoms with Crippen LogP contribution >= 0.6 is 15.9 Å². The van der Waals surface area contributed by atoms with Crippen LogP contribution in [-0.2, 0) is 6.42 Å². The molecule has 0 radical (unpaired) electrons. The van der Waals surface area contributed by atoms with Gasteiger partial charge in [0.15, 0.2) is 0 Å². The second-order valence-electron chi connectivity index (χ2n) is 4.55. The van der Waals surface area contributed by atoms with E-state index in [0.29, 0.717) is 12.0 Å². The van der Waals surface area contributed by atoms with Gasteiger partial charge in [0.05, 0.1) is 7.11 Å². The van der Waals surface area contributed by atoms with E-state index in [2.05, 4.69) is 21.2 Å². The maximum absolute atomic E-state index is 13.9. The molecule has 1 atom stereocenters. The highest BCUT2D eigenvalue weighted by Gasteiger charge is 2.13. The molecular weight excluding hydrogens is 321 g/mol. The van der Waals surface area contributed by atoms with Gasteiger partial charge in [0, 0.05) is 10.5 Å². The molecule has 2 aromatic rings. The van der Waals surface area contributed by atoms with Crippen molar-refractivity contribution in [1.82, 2.24) is 5.32 Å². The Kier molecular flexibility index (Phi) is 5.15. The van der Waals surface area contributed by atoms with Crippen molar-refractivity contribution in [1.29, 1.82) is 0 Å². The van der Waals surface area contributed by atoms with Crippen LogP contribution in [0.1, 0.15) is 17.2 Å². The van der Waals surface area contributed by atoms with Crippen LogP contribution in [0.25, 0.3) is 0 Å². The van der Waals surface area contributed by atoms with Crippen LogP contribution in [0.5, 0.6) is 5.75 Å². The Bertz CT molecular complexity index is 571. The van der Waals surface area contributed by atoms with Gasteiger partial charge >= 0.3 is 0 Å². The molecule has 0 aromatic heterocycles. The van der Waals surface area contributed by atoms with Gasteiger partial charge in [-0.1, -0.05) is 34.1 Å². The van der Waals surface area contributed by atoms with E-state index in [1.54, 1.807) is 7.11 Å². The van der Waals surface area contributed by atoms with E-state index in [4.69, 9.17) is 4.74 Å². The van der Waals surface area contributed by atoms with Crippen LogP contribution in [-0.4, -0.2) is 14.2 Å². The summed E-state index contributed by atoms with van der Waals surface area (Å²) in [5.41, 5.74) is 1.80. The first kappa shape index (κ1) is 15.0. The molecule has 0 amide bonds. The zero-order valence-corrected chi connectivity index (χ0v) is 13.1. The minimum atomic E-state index is -0.187. The standard InChI is InChI=1S/C16H17BrFNO/c1-19-16(11-4-7-14(20-2)8-5-11)9-12-3-6-13(17)10-15(12)18/h3-8,10,16,19H,9H2,1-2H3. The molecule has 2 nitrogen and oxygen atoms in total. The fraction of sp³-hybridized carbons (Fsp3) is 0.250. The Morgan fingerprint density at radius 3 is 2.45 bits per heavy atom. The highest BCUT2D eigenvalue weighted by molar-refractivity contribution is 9.10. The monoisotopic (exact) mass is 337 g/mol. The van der Waals surface area contributed by atoms with Crippen molar-refractivity contribution >= 4 is 15.9 Å². The van der Waals surface area contributed by atoms with E-state index < -0.39 is 0 Å². The third-order valence-corrected chi connectivity index (χ3v) is 3.80. The second-order valence-corrected chi connectivity index (χ2v) is 5.47. The van der Waals surface area contributed by atoms with Crippen LogP contribution in [0.3, 0.4) is 0 Å². The quantitative estimate of drug-likeness (QED) is 0.886. The maximum Gasteiger partial charge on any atom is 0.127 e. The Hall–Kier alpha value is -1.39. The van der Waals surface area contributed by atoms with Crippen molar-refractivity contribution < 1.29 is 9.13 Å². The van der Waals surface area contributed by atoms with E-state index in [9.17, 15) is 4.39 Å². The summed E-state index contributed by atoms with van der Waals surface area (Å²) in [6.07, 6.45) is 0.599. The predicted octanol–water partition coefficient (Wildman–Crippen LogP) is 4.10. The summed E-state index contributed by atoms with van der Waals surface area (Å²) in [6.45, 7) is 0. The lowest BCUT2D eigenvalue weighted by atomic mass is 9.98. The summed E-state index contributed by atoms with van der Waals surface area (Å²) in [6, 6.07) is 13.1. The smallest absolute Gasteiger partial charge is 0.127 e. The van der Waals surface area contributed by atoms with Gasteiger partial charge in [-0.05, 0) is 48.9 Å². The Morgan fingerprint density at radius 2 is 1.90 bits per heavy atom. The number of halogens is 2. The van der Waals surface area contributed by atoms with Gasteiger partial charge in [-0.3, -0.25) is 0 Å². The number of ether oxygens (including phenoxy) is 1. The molecule has 0 aliphatic rings.